The number of likely N-dealkylation sites (tertiary alicyclic amines) is 1. The van der Waals surface area contributed by atoms with E-state index >= 15 is 0 Å². The van der Waals surface area contributed by atoms with Crippen LogP contribution in [0.5, 0.6) is 5.75 Å². The summed E-state index contributed by atoms with van der Waals surface area (Å²) in [5.41, 5.74) is 2.39. The molecule has 2 fully saturated rings. The summed E-state index contributed by atoms with van der Waals surface area (Å²) < 4.78 is 7.46. The van der Waals surface area contributed by atoms with Gasteiger partial charge in [0.2, 0.25) is 0 Å². The van der Waals surface area contributed by atoms with Crippen LogP contribution in [0.25, 0.3) is 4.96 Å². The highest BCUT2D eigenvalue weighted by Gasteiger charge is 2.57. The minimum atomic E-state index is -0.745. The number of fused-ring (bicyclic) bond motifs is 1. The van der Waals surface area contributed by atoms with E-state index in [0.29, 0.717) is 19.4 Å². The summed E-state index contributed by atoms with van der Waals surface area (Å²) in [5, 5.41) is 2.05. The summed E-state index contributed by atoms with van der Waals surface area (Å²) in [6.07, 6.45) is 3.35. The number of aromatic nitrogens is 2. The lowest BCUT2D eigenvalue weighted by atomic mass is 9.85. The van der Waals surface area contributed by atoms with Crippen LogP contribution in [0.3, 0.4) is 0 Å². The molecular weight excluding hydrogens is 438 g/mol. The van der Waals surface area contributed by atoms with Crippen molar-refractivity contribution in [3.05, 3.63) is 52.8 Å². The van der Waals surface area contributed by atoms with Crippen molar-refractivity contribution in [2.24, 2.45) is 0 Å². The molecule has 3 aromatic rings. The van der Waals surface area contributed by atoms with E-state index in [2.05, 4.69) is 32.8 Å². The van der Waals surface area contributed by atoms with Crippen LogP contribution in [-0.2, 0) is 17.9 Å². The number of carbonyl (C=O) groups excluding carboxylic acids is 2. The molecule has 0 saturated carbocycles. The van der Waals surface area contributed by atoms with Crippen LogP contribution >= 0.6 is 11.3 Å². The standard InChI is InChI=1S/C24H29N5O3S/c1-4-29-23(31)28(15-18-6-5-7-19(14-18)32-3)21(30)24(29)8-10-26(11-9-24)16-20-17(2)25-22-27(20)12-13-33-22/h5-7,12-14H,4,8-11,15-16H2,1-3H3. The molecule has 2 aromatic heterocycles. The number of aryl methyl sites for hydroxylation is 1. The van der Waals surface area contributed by atoms with Crippen molar-refractivity contribution in [2.45, 2.75) is 45.3 Å². The Balaban J connectivity index is 1.32. The van der Waals surface area contributed by atoms with Crippen LogP contribution < -0.4 is 4.74 Å². The first-order valence-corrected chi connectivity index (χ1v) is 12.2. The number of piperidine rings is 1. The van der Waals surface area contributed by atoms with Gasteiger partial charge in [0.15, 0.2) is 4.96 Å². The fourth-order valence-electron chi connectivity index (χ4n) is 5.22. The monoisotopic (exact) mass is 467 g/mol. The Morgan fingerprint density at radius 1 is 1.18 bits per heavy atom. The zero-order valence-electron chi connectivity index (χ0n) is 19.3. The minimum absolute atomic E-state index is 0.0717. The van der Waals surface area contributed by atoms with E-state index in [1.54, 1.807) is 23.3 Å². The number of carbonyl (C=O) groups is 2. The second-order valence-electron chi connectivity index (χ2n) is 8.78. The quantitative estimate of drug-likeness (QED) is 0.519. The van der Waals surface area contributed by atoms with E-state index in [0.717, 1.165) is 41.6 Å². The molecule has 174 valence electrons. The predicted molar refractivity (Wildman–Crippen MR) is 126 cm³/mol. The Morgan fingerprint density at radius 3 is 2.70 bits per heavy atom. The van der Waals surface area contributed by atoms with Crippen LogP contribution in [0.2, 0.25) is 0 Å². The predicted octanol–water partition coefficient (Wildman–Crippen LogP) is 3.53. The third kappa shape index (κ3) is 3.59. The molecule has 3 amide bonds. The molecule has 2 aliphatic heterocycles. The maximum absolute atomic E-state index is 13.6. The second kappa shape index (κ2) is 8.46. The molecule has 0 unspecified atom stereocenters. The molecule has 0 aliphatic carbocycles. The van der Waals surface area contributed by atoms with Gasteiger partial charge in [-0.2, -0.15) is 0 Å². The molecule has 0 radical (unpaired) electrons. The van der Waals surface area contributed by atoms with Crippen LogP contribution in [0, 0.1) is 6.92 Å². The highest BCUT2D eigenvalue weighted by molar-refractivity contribution is 7.15. The molecule has 0 bridgehead atoms. The van der Waals surface area contributed by atoms with E-state index in [1.807, 2.05) is 31.2 Å². The number of imidazole rings is 1. The van der Waals surface area contributed by atoms with Crippen molar-refractivity contribution < 1.29 is 14.3 Å². The fourth-order valence-corrected chi connectivity index (χ4v) is 6.00. The number of hydrogen-bond donors (Lipinski definition) is 0. The third-order valence-electron chi connectivity index (χ3n) is 7.03. The number of benzene rings is 1. The summed E-state index contributed by atoms with van der Waals surface area (Å²) in [6.45, 7) is 7.12. The van der Waals surface area contributed by atoms with Gasteiger partial charge in [-0.05, 0) is 44.4 Å². The Kier molecular flexibility index (Phi) is 5.62. The SMILES string of the molecule is CCN1C(=O)N(Cc2cccc(OC)c2)C(=O)C12CCN(Cc1c(C)nc3sccn13)CC2. The van der Waals surface area contributed by atoms with Crippen molar-refractivity contribution in [2.75, 3.05) is 26.7 Å². The Morgan fingerprint density at radius 2 is 1.97 bits per heavy atom. The first kappa shape index (κ1) is 21.9. The molecule has 0 N–H and O–H groups in total. The lowest BCUT2D eigenvalue weighted by Gasteiger charge is -2.41. The Hall–Kier alpha value is -2.91. The number of urea groups is 1. The topological polar surface area (TPSA) is 70.4 Å². The van der Waals surface area contributed by atoms with Crippen LogP contribution in [0.4, 0.5) is 4.79 Å². The summed E-state index contributed by atoms with van der Waals surface area (Å²) in [4.78, 5) is 38.1. The van der Waals surface area contributed by atoms with Gasteiger partial charge in [-0.1, -0.05) is 12.1 Å². The summed E-state index contributed by atoms with van der Waals surface area (Å²) in [5.74, 6) is 0.648. The molecule has 2 saturated heterocycles. The molecule has 33 heavy (non-hydrogen) atoms. The first-order valence-electron chi connectivity index (χ1n) is 11.4. The van der Waals surface area contributed by atoms with Crippen molar-refractivity contribution >= 4 is 28.2 Å². The molecule has 8 nitrogen and oxygen atoms in total. The molecule has 0 atom stereocenters. The van der Waals surface area contributed by atoms with E-state index in [4.69, 9.17) is 4.74 Å². The van der Waals surface area contributed by atoms with E-state index in [-0.39, 0.29) is 18.5 Å². The van der Waals surface area contributed by atoms with Gasteiger partial charge in [-0.15, -0.1) is 11.3 Å². The molecule has 1 aromatic carbocycles. The largest absolute Gasteiger partial charge is 0.497 e. The van der Waals surface area contributed by atoms with Gasteiger partial charge in [0.1, 0.15) is 11.3 Å². The van der Waals surface area contributed by atoms with Gasteiger partial charge in [0, 0.05) is 37.8 Å². The fraction of sp³-hybridized carbons (Fsp3) is 0.458. The summed E-state index contributed by atoms with van der Waals surface area (Å²) >= 11 is 1.64. The summed E-state index contributed by atoms with van der Waals surface area (Å²) in [6, 6.07) is 7.35. The van der Waals surface area contributed by atoms with Gasteiger partial charge in [-0.25, -0.2) is 9.78 Å². The van der Waals surface area contributed by atoms with Crippen LogP contribution in [0.1, 0.15) is 36.7 Å². The van der Waals surface area contributed by atoms with Gasteiger partial charge < -0.3 is 9.64 Å². The van der Waals surface area contributed by atoms with Gasteiger partial charge in [0.05, 0.1) is 25.0 Å². The van der Waals surface area contributed by atoms with Crippen molar-refractivity contribution in [3.63, 3.8) is 0 Å². The third-order valence-corrected chi connectivity index (χ3v) is 7.79. The number of hydrogen-bond acceptors (Lipinski definition) is 6. The number of likely N-dealkylation sites (N-methyl/N-ethyl adjacent to an activating group) is 1. The number of amides is 3. The van der Waals surface area contributed by atoms with E-state index in [1.165, 1.54) is 10.6 Å². The maximum atomic E-state index is 13.6. The minimum Gasteiger partial charge on any atom is -0.497 e. The zero-order valence-corrected chi connectivity index (χ0v) is 20.1. The molecule has 4 heterocycles. The lowest BCUT2D eigenvalue weighted by Crippen LogP contribution is -2.56. The molecule has 1 spiro atoms. The number of methoxy groups -OCH3 is 1. The highest BCUT2D eigenvalue weighted by Crippen LogP contribution is 2.38. The van der Waals surface area contributed by atoms with E-state index in [9.17, 15) is 9.59 Å². The van der Waals surface area contributed by atoms with Gasteiger partial charge >= 0.3 is 6.03 Å². The smallest absolute Gasteiger partial charge is 0.327 e. The normalized spacial score (nSPS) is 18.8. The molecule has 5 rings (SSSR count). The van der Waals surface area contributed by atoms with Crippen LogP contribution in [-0.4, -0.2) is 68.3 Å². The average molecular weight is 468 g/mol. The zero-order chi connectivity index (χ0) is 23.2. The molecule has 2 aliphatic rings. The van der Waals surface area contributed by atoms with Crippen molar-refractivity contribution in [3.8, 4) is 5.75 Å². The Labute approximate surface area is 197 Å². The average Bonchev–Trinajstić information content (AvgIpc) is 3.45. The second-order valence-corrected chi connectivity index (χ2v) is 9.65. The van der Waals surface area contributed by atoms with Crippen molar-refractivity contribution in [1.29, 1.82) is 0 Å². The number of nitrogens with zero attached hydrogens (tertiary/aromatic N) is 5. The summed E-state index contributed by atoms with van der Waals surface area (Å²) in [7, 11) is 1.61. The van der Waals surface area contributed by atoms with Gasteiger partial charge in [-0.3, -0.25) is 19.0 Å². The number of imide groups is 1. The van der Waals surface area contributed by atoms with Gasteiger partial charge in [0.25, 0.3) is 5.91 Å². The number of thiazole rings is 1. The van der Waals surface area contributed by atoms with Crippen molar-refractivity contribution in [1.82, 2.24) is 24.1 Å². The maximum Gasteiger partial charge on any atom is 0.327 e. The number of rotatable bonds is 6. The lowest BCUT2D eigenvalue weighted by molar-refractivity contribution is -0.136. The Bertz CT molecular complexity index is 1190. The number of ether oxygens (including phenoxy) is 1. The first-order chi connectivity index (χ1) is 16.0. The highest BCUT2D eigenvalue weighted by atomic mass is 32.1. The molecular formula is C24H29N5O3S. The van der Waals surface area contributed by atoms with Crippen LogP contribution in [0.15, 0.2) is 35.8 Å². The van der Waals surface area contributed by atoms with E-state index < -0.39 is 5.54 Å². The molecule has 9 heteroatoms.